The van der Waals surface area contributed by atoms with Crippen LogP contribution < -0.4 is 14.8 Å². The van der Waals surface area contributed by atoms with Crippen LogP contribution in [0.4, 0.5) is 4.39 Å². The van der Waals surface area contributed by atoms with Crippen molar-refractivity contribution in [3.8, 4) is 11.5 Å². The molecule has 0 aromatic heterocycles. The third kappa shape index (κ3) is 5.50. The first-order valence-corrected chi connectivity index (χ1v) is 9.38. The molecule has 2 rings (SSSR count). The van der Waals surface area contributed by atoms with Crippen LogP contribution in [0.2, 0.25) is 10.0 Å². The minimum absolute atomic E-state index is 0.0914. The molecule has 0 radical (unpaired) electrons. The maximum Gasteiger partial charge on any atom is 0.320 e. The highest BCUT2D eigenvalue weighted by atomic mass is 35.5. The third-order valence-electron chi connectivity index (χ3n) is 4.21. The van der Waals surface area contributed by atoms with Gasteiger partial charge in [-0.3, -0.25) is 4.79 Å². The summed E-state index contributed by atoms with van der Waals surface area (Å²) in [7, 11) is 1.47. The van der Waals surface area contributed by atoms with Crippen LogP contribution in [0.1, 0.15) is 25.0 Å². The summed E-state index contributed by atoms with van der Waals surface area (Å²) in [4.78, 5) is 11.3. The molecule has 0 bridgehead atoms. The summed E-state index contributed by atoms with van der Waals surface area (Å²) in [6, 6.07) is 6.90. The monoisotopic (exact) mass is 429 g/mol. The lowest BCUT2D eigenvalue weighted by Gasteiger charge is -2.19. The molecule has 2 N–H and O–H groups in total. The average molecular weight is 430 g/mol. The zero-order chi connectivity index (χ0) is 20.8. The van der Waals surface area contributed by atoms with E-state index in [1.807, 2.05) is 13.8 Å². The summed E-state index contributed by atoms with van der Waals surface area (Å²) in [6.07, 6.45) is 0. The average Bonchev–Trinajstić information content (AvgIpc) is 2.62. The van der Waals surface area contributed by atoms with Crippen molar-refractivity contribution >= 4 is 29.2 Å². The van der Waals surface area contributed by atoms with Crippen molar-refractivity contribution in [2.75, 3.05) is 7.11 Å². The molecular formula is C20H22Cl2FNO4. The highest BCUT2D eigenvalue weighted by Crippen LogP contribution is 2.34. The van der Waals surface area contributed by atoms with E-state index in [-0.39, 0.29) is 29.7 Å². The Morgan fingerprint density at radius 1 is 1.21 bits per heavy atom. The van der Waals surface area contributed by atoms with Crippen molar-refractivity contribution in [3.63, 3.8) is 0 Å². The molecule has 0 spiro atoms. The summed E-state index contributed by atoms with van der Waals surface area (Å²) in [5.41, 5.74) is 0.885. The van der Waals surface area contributed by atoms with E-state index < -0.39 is 17.8 Å². The Morgan fingerprint density at radius 2 is 1.93 bits per heavy atom. The van der Waals surface area contributed by atoms with E-state index in [0.717, 1.165) is 0 Å². The Labute approximate surface area is 173 Å². The van der Waals surface area contributed by atoms with Crippen molar-refractivity contribution in [2.24, 2.45) is 5.92 Å². The molecule has 0 saturated carbocycles. The number of carboxylic acids is 1. The van der Waals surface area contributed by atoms with Crippen LogP contribution in [0.25, 0.3) is 0 Å². The molecular weight excluding hydrogens is 408 g/mol. The Kier molecular flexibility index (Phi) is 7.92. The minimum Gasteiger partial charge on any atom is -0.493 e. The smallest absolute Gasteiger partial charge is 0.320 e. The van der Waals surface area contributed by atoms with Gasteiger partial charge >= 0.3 is 5.97 Å². The van der Waals surface area contributed by atoms with Crippen molar-refractivity contribution in [1.29, 1.82) is 0 Å². The minimum atomic E-state index is -0.931. The van der Waals surface area contributed by atoms with Gasteiger partial charge in [-0.1, -0.05) is 43.1 Å². The number of ether oxygens (including phenoxy) is 2. The quantitative estimate of drug-likeness (QED) is 0.591. The molecule has 8 heteroatoms. The van der Waals surface area contributed by atoms with Gasteiger partial charge in [-0.05, 0) is 29.7 Å². The van der Waals surface area contributed by atoms with Crippen LogP contribution in [0.15, 0.2) is 30.3 Å². The van der Waals surface area contributed by atoms with Crippen LogP contribution in [0.3, 0.4) is 0 Å². The second-order valence-corrected chi connectivity index (χ2v) is 7.34. The van der Waals surface area contributed by atoms with Crippen LogP contribution in [0, 0.1) is 11.7 Å². The molecule has 0 aliphatic rings. The molecule has 0 amide bonds. The summed E-state index contributed by atoms with van der Waals surface area (Å²) in [5.74, 6) is -0.766. The summed E-state index contributed by atoms with van der Waals surface area (Å²) in [6.45, 7) is 3.78. The number of aliphatic carboxylic acids is 1. The van der Waals surface area contributed by atoms with Gasteiger partial charge in [0.1, 0.15) is 18.5 Å². The number of benzene rings is 2. The first-order chi connectivity index (χ1) is 13.2. The van der Waals surface area contributed by atoms with Crippen LogP contribution in [-0.4, -0.2) is 24.2 Å². The lowest BCUT2D eigenvalue weighted by molar-refractivity contribution is -0.140. The molecule has 0 saturated heterocycles. The predicted molar refractivity (Wildman–Crippen MR) is 107 cm³/mol. The van der Waals surface area contributed by atoms with E-state index in [1.165, 1.54) is 19.2 Å². The molecule has 2 aromatic rings. The molecule has 1 atom stereocenters. The van der Waals surface area contributed by atoms with Gasteiger partial charge in [-0.15, -0.1) is 0 Å². The van der Waals surface area contributed by atoms with Gasteiger partial charge in [-0.2, -0.15) is 0 Å². The number of hydrogen-bond acceptors (Lipinski definition) is 4. The number of nitrogens with one attached hydrogen (secondary N) is 1. The number of carboxylic acid groups (broad SMARTS) is 1. The molecule has 1 unspecified atom stereocenters. The molecule has 5 nitrogen and oxygen atoms in total. The van der Waals surface area contributed by atoms with E-state index >= 15 is 0 Å². The highest BCUT2D eigenvalue weighted by Gasteiger charge is 2.21. The van der Waals surface area contributed by atoms with Crippen LogP contribution >= 0.6 is 23.2 Å². The fraction of sp³-hybridized carbons (Fsp3) is 0.350. The summed E-state index contributed by atoms with van der Waals surface area (Å²) < 4.78 is 24.9. The van der Waals surface area contributed by atoms with Crippen LogP contribution in [-0.2, 0) is 17.9 Å². The van der Waals surface area contributed by atoms with Gasteiger partial charge in [0.05, 0.1) is 12.1 Å². The fourth-order valence-electron chi connectivity index (χ4n) is 2.63. The predicted octanol–water partition coefficient (Wildman–Crippen LogP) is 4.92. The van der Waals surface area contributed by atoms with Gasteiger partial charge in [0, 0.05) is 23.2 Å². The number of methoxy groups -OCH3 is 1. The van der Waals surface area contributed by atoms with Gasteiger partial charge in [0.2, 0.25) is 0 Å². The van der Waals surface area contributed by atoms with E-state index in [0.29, 0.717) is 22.1 Å². The Hall–Kier alpha value is -2.02. The van der Waals surface area contributed by atoms with Gasteiger partial charge < -0.3 is 19.9 Å². The Bertz CT molecular complexity index is 825. The SMILES string of the molecule is COc1cc(CNC(C(=O)O)C(C)C)c(Cl)cc1OCc1c(F)cccc1Cl. The molecule has 0 aliphatic heterocycles. The number of halogens is 3. The lowest BCUT2D eigenvalue weighted by atomic mass is 10.0. The van der Waals surface area contributed by atoms with Gasteiger partial charge in [-0.25, -0.2) is 4.39 Å². The topological polar surface area (TPSA) is 67.8 Å². The van der Waals surface area contributed by atoms with Gasteiger partial charge in [0.25, 0.3) is 0 Å². The van der Waals surface area contributed by atoms with E-state index in [4.69, 9.17) is 32.7 Å². The van der Waals surface area contributed by atoms with Gasteiger partial charge in [0.15, 0.2) is 11.5 Å². The van der Waals surface area contributed by atoms with Crippen molar-refractivity contribution in [1.82, 2.24) is 5.32 Å². The largest absolute Gasteiger partial charge is 0.493 e. The summed E-state index contributed by atoms with van der Waals surface area (Å²) in [5, 5.41) is 12.9. The normalized spacial score (nSPS) is 12.1. The number of rotatable bonds is 9. The molecule has 28 heavy (non-hydrogen) atoms. The third-order valence-corrected chi connectivity index (χ3v) is 4.92. The van der Waals surface area contributed by atoms with Crippen molar-refractivity contribution < 1.29 is 23.8 Å². The zero-order valence-corrected chi connectivity index (χ0v) is 17.3. The Morgan fingerprint density at radius 3 is 2.50 bits per heavy atom. The van der Waals surface area contributed by atoms with E-state index in [2.05, 4.69) is 5.32 Å². The molecule has 2 aromatic carbocycles. The van der Waals surface area contributed by atoms with Crippen molar-refractivity contribution in [2.45, 2.75) is 33.0 Å². The second-order valence-electron chi connectivity index (χ2n) is 6.52. The highest BCUT2D eigenvalue weighted by molar-refractivity contribution is 6.31. The second kappa shape index (κ2) is 9.96. The maximum atomic E-state index is 13.9. The molecule has 0 fully saturated rings. The van der Waals surface area contributed by atoms with E-state index in [9.17, 15) is 14.3 Å². The Balaban J connectivity index is 2.17. The molecule has 152 valence electrons. The standard InChI is InChI=1S/C20H22Cl2FNO4/c1-11(2)19(20(25)26)24-9-12-7-17(27-3)18(8-15(12)22)28-10-13-14(21)5-4-6-16(13)23/h4-8,11,19,24H,9-10H2,1-3H3,(H,25,26). The van der Waals surface area contributed by atoms with Crippen LogP contribution in [0.5, 0.6) is 11.5 Å². The van der Waals surface area contributed by atoms with E-state index in [1.54, 1.807) is 18.2 Å². The zero-order valence-electron chi connectivity index (χ0n) is 15.8. The lowest BCUT2D eigenvalue weighted by Crippen LogP contribution is -2.40. The molecule has 0 heterocycles. The number of carbonyl (C=O) groups is 1. The molecule has 0 aliphatic carbocycles. The van der Waals surface area contributed by atoms with Crippen molar-refractivity contribution in [3.05, 3.63) is 57.3 Å². The first-order valence-electron chi connectivity index (χ1n) is 8.62. The maximum absolute atomic E-state index is 13.9. The summed E-state index contributed by atoms with van der Waals surface area (Å²) >= 11 is 12.3. The first kappa shape index (κ1) is 22.3. The fourth-order valence-corrected chi connectivity index (χ4v) is 3.07. The number of hydrogen-bond donors (Lipinski definition) is 2.